The second-order valence-corrected chi connectivity index (χ2v) is 5.24. The van der Waals surface area contributed by atoms with Gasteiger partial charge in [-0.2, -0.15) is 0 Å². The molecule has 0 aromatic rings. The van der Waals surface area contributed by atoms with E-state index in [9.17, 15) is 14.4 Å². The molecule has 0 bridgehead atoms. The van der Waals surface area contributed by atoms with Crippen molar-refractivity contribution in [3.63, 3.8) is 0 Å². The van der Waals surface area contributed by atoms with Crippen LogP contribution in [0.3, 0.4) is 0 Å². The van der Waals surface area contributed by atoms with Crippen molar-refractivity contribution in [2.75, 3.05) is 26.3 Å². The van der Waals surface area contributed by atoms with Crippen LogP contribution in [0.1, 0.15) is 38.5 Å². The number of nitrogens with one attached hydrogen (secondary N) is 3. The second kappa shape index (κ2) is 13.9. The summed E-state index contributed by atoms with van der Waals surface area (Å²) in [5, 5.41) is 7.99. The van der Waals surface area contributed by atoms with Crippen molar-refractivity contribution in [3.8, 4) is 0 Å². The Morgan fingerprint density at radius 2 is 1.70 bits per heavy atom. The topological polar surface area (TPSA) is 165 Å². The molecule has 134 valence electrons. The Bertz CT molecular complexity index is 364. The average Bonchev–Trinajstić information content (AvgIpc) is 2.51. The van der Waals surface area contributed by atoms with Crippen LogP contribution in [0.4, 0.5) is 0 Å². The quantitative estimate of drug-likeness (QED) is 0.157. The van der Waals surface area contributed by atoms with Gasteiger partial charge in [0.2, 0.25) is 17.7 Å². The van der Waals surface area contributed by atoms with Gasteiger partial charge >= 0.3 is 0 Å². The number of unbranched alkanes of at least 4 members (excludes halogenated alkanes) is 2. The molecule has 3 amide bonds. The van der Waals surface area contributed by atoms with Crippen LogP contribution in [0.15, 0.2) is 0 Å². The molecule has 1 atom stereocenters. The number of carbonyl (C=O) groups excluding carboxylic acids is 3. The number of hydrogen-bond donors (Lipinski definition) is 6. The van der Waals surface area contributed by atoms with Gasteiger partial charge < -0.3 is 33.2 Å². The van der Waals surface area contributed by atoms with Crippen molar-refractivity contribution in [2.24, 2.45) is 17.2 Å². The smallest absolute Gasteiger partial charge is 0.240 e. The van der Waals surface area contributed by atoms with E-state index in [0.29, 0.717) is 38.9 Å². The minimum absolute atomic E-state index is 0.166. The SMILES string of the molecule is NCCCCC(NC(=O)CNC(=O)CCCCNCN)C(N)=O. The minimum atomic E-state index is -0.728. The third-order valence-corrected chi connectivity index (χ3v) is 3.22. The van der Waals surface area contributed by atoms with E-state index in [0.717, 1.165) is 19.4 Å². The van der Waals surface area contributed by atoms with Gasteiger partial charge in [-0.3, -0.25) is 14.4 Å². The lowest BCUT2D eigenvalue weighted by Crippen LogP contribution is -2.47. The molecule has 0 heterocycles. The Balaban J connectivity index is 3.88. The molecule has 1 unspecified atom stereocenters. The van der Waals surface area contributed by atoms with Gasteiger partial charge in [0, 0.05) is 13.1 Å². The first kappa shape index (κ1) is 21.3. The number of nitrogens with two attached hydrogens (primary N) is 3. The molecule has 0 aliphatic rings. The van der Waals surface area contributed by atoms with Gasteiger partial charge in [0.05, 0.1) is 6.54 Å². The fraction of sp³-hybridized carbons (Fsp3) is 0.786. The summed E-state index contributed by atoms with van der Waals surface area (Å²) in [6, 6.07) is -0.728. The van der Waals surface area contributed by atoms with Crippen molar-refractivity contribution in [3.05, 3.63) is 0 Å². The lowest BCUT2D eigenvalue weighted by molar-refractivity contribution is -0.128. The number of rotatable bonds is 14. The lowest BCUT2D eigenvalue weighted by Gasteiger charge is -2.15. The molecule has 0 aromatic heterocycles. The van der Waals surface area contributed by atoms with Crippen molar-refractivity contribution in [1.82, 2.24) is 16.0 Å². The van der Waals surface area contributed by atoms with Crippen LogP contribution >= 0.6 is 0 Å². The maximum absolute atomic E-state index is 11.7. The Morgan fingerprint density at radius 1 is 0.957 bits per heavy atom. The van der Waals surface area contributed by atoms with E-state index in [-0.39, 0.29) is 12.5 Å². The van der Waals surface area contributed by atoms with E-state index in [1.54, 1.807) is 0 Å². The van der Waals surface area contributed by atoms with Gasteiger partial charge in [0.15, 0.2) is 0 Å². The number of primary amides is 1. The van der Waals surface area contributed by atoms with Gasteiger partial charge in [0.1, 0.15) is 6.04 Å². The zero-order chi connectivity index (χ0) is 17.5. The summed E-state index contributed by atoms with van der Waals surface area (Å²) in [6.07, 6.45) is 3.80. The Labute approximate surface area is 137 Å². The predicted molar refractivity (Wildman–Crippen MR) is 87.9 cm³/mol. The van der Waals surface area contributed by atoms with Crippen molar-refractivity contribution in [2.45, 2.75) is 44.6 Å². The summed E-state index contributed by atoms with van der Waals surface area (Å²) in [5.74, 6) is -1.22. The third-order valence-electron chi connectivity index (χ3n) is 3.22. The summed E-state index contributed by atoms with van der Waals surface area (Å²) in [5.41, 5.74) is 15.9. The molecule has 0 rings (SSSR count). The van der Waals surface area contributed by atoms with Crippen LogP contribution < -0.4 is 33.2 Å². The Morgan fingerprint density at radius 3 is 2.30 bits per heavy atom. The maximum atomic E-state index is 11.7. The van der Waals surface area contributed by atoms with Crippen LogP contribution in [-0.2, 0) is 14.4 Å². The zero-order valence-corrected chi connectivity index (χ0v) is 13.6. The largest absolute Gasteiger partial charge is 0.368 e. The van der Waals surface area contributed by atoms with E-state index in [1.165, 1.54) is 0 Å². The van der Waals surface area contributed by atoms with Crippen molar-refractivity contribution >= 4 is 17.7 Å². The first-order chi connectivity index (χ1) is 11.0. The molecule has 0 aliphatic carbocycles. The van der Waals surface area contributed by atoms with Crippen LogP contribution in [0.2, 0.25) is 0 Å². The summed E-state index contributed by atoms with van der Waals surface area (Å²) >= 11 is 0. The molecule has 0 aromatic carbocycles. The van der Waals surface area contributed by atoms with Gasteiger partial charge in [-0.1, -0.05) is 0 Å². The fourth-order valence-electron chi connectivity index (χ4n) is 1.93. The predicted octanol–water partition coefficient (Wildman–Crippen LogP) is -2.12. The molecule has 9 N–H and O–H groups in total. The zero-order valence-electron chi connectivity index (χ0n) is 13.6. The molecule has 23 heavy (non-hydrogen) atoms. The summed E-state index contributed by atoms with van der Waals surface area (Å²) < 4.78 is 0. The minimum Gasteiger partial charge on any atom is -0.368 e. The Kier molecular flexibility index (Phi) is 12.9. The highest BCUT2D eigenvalue weighted by atomic mass is 16.2. The van der Waals surface area contributed by atoms with E-state index in [1.807, 2.05) is 0 Å². The summed E-state index contributed by atoms with van der Waals surface area (Å²) in [6.45, 7) is 1.53. The van der Waals surface area contributed by atoms with Gasteiger partial charge in [-0.25, -0.2) is 0 Å². The van der Waals surface area contributed by atoms with Crippen LogP contribution in [0.5, 0.6) is 0 Å². The lowest BCUT2D eigenvalue weighted by atomic mass is 10.1. The highest BCUT2D eigenvalue weighted by Gasteiger charge is 2.17. The summed E-state index contributed by atoms with van der Waals surface area (Å²) in [7, 11) is 0. The first-order valence-corrected chi connectivity index (χ1v) is 7.97. The van der Waals surface area contributed by atoms with Crippen molar-refractivity contribution < 1.29 is 14.4 Å². The standard InChI is InChI=1S/C14H30N6O3/c15-7-3-1-5-11(14(17)23)20-13(22)9-19-12(21)6-2-4-8-18-10-16/h11,18H,1-10,15-16H2,(H2,17,23)(H,19,21)(H,20,22). The summed E-state index contributed by atoms with van der Waals surface area (Å²) in [4.78, 5) is 34.6. The highest BCUT2D eigenvalue weighted by Crippen LogP contribution is 2.00. The molecule has 0 saturated heterocycles. The molecule has 0 radical (unpaired) electrons. The fourth-order valence-corrected chi connectivity index (χ4v) is 1.93. The number of carbonyl (C=O) groups is 3. The number of amides is 3. The van der Waals surface area contributed by atoms with Gasteiger partial charge in [0.25, 0.3) is 0 Å². The molecule has 0 spiro atoms. The van der Waals surface area contributed by atoms with Crippen LogP contribution in [0, 0.1) is 0 Å². The first-order valence-electron chi connectivity index (χ1n) is 7.97. The third kappa shape index (κ3) is 12.5. The van der Waals surface area contributed by atoms with E-state index in [2.05, 4.69) is 16.0 Å². The number of hydrogen-bond acceptors (Lipinski definition) is 6. The molecule has 9 nitrogen and oxygen atoms in total. The van der Waals surface area contributed by atoms with Gasteiger partial charge in [-0.15, -0.1) is 0 Å². The highest BCUT2D eigenvalue weighted by molar-refractivity contribution is 5.89. The van der Waals surface area contributed by atoms with Crippen LogP contribution in [-0.4, -0.2) is 50.1 Å². The molecular weight excluding hydrogens is 300 g/mol. The second-order valence-electron chi connectivity index (χ2n) is 5.24. The molecule has 0 fully saturated rings. The van der Waals surface area contributed by atoms with Gasteiger partial charge in [-0.05, 0) is 45.2 Å². The maximum Gasteiger partial charge on any atom is 0.240 e. The van der Waals surface area contributed by atoms with Crippen LogP contribution in [0.25, 0.3) is 0 Å². The van der Waals surface area contributed by atoms with E-state index >= 15 is 0 Å². The molecule has 0 aliphatic heterocycles. The molecule has 9 heteroatoms. The van der Waals surface area contributed by atoms with E-state index in [4.69, 9.17) is 17.2 Å². The molecular formula is C14H30N6O3. The van der Waals surface area contributed by atoms with Crippen molar-refractivity contribution in [1.29, 1.82) is 0 Å². The normalized spacial score (nSPS) is 11.7. The Hall–Kier alpha value is -1.71. The molecule has 0 saturated carbocycles. The average molecular weight is 330 g/mol. The monoisotopic (exact) mass is 330 g/mol. The van der Waals surface area contributed by atoms with E-state index < -0.39 is 17.9 Å².